The maximum absolute atomic E-state index is 9.31. The van der Waals surface area contributed by atoms with Crippen LogP contribution in [0.3, 0.4) is 0 Å². The first kappa shape index (κ1) is 10.2. The Morgan fingerprint density at radius 2 is 1.54 bits per heavy atom. The molecule has 1 unspecified atom stereocenters. The van der Waals surface area contributed by atoms with Crippen LogP contribution in [0.2, 0.25) is 0 Å². The maximum Gasteiger partial charge on any atom is 0.102 e. The molecule has 1 atom stereocenters. The molecule has 2 nitrogen and oxygen atoms in total. The Kier molecular flexibility index (Phi) is 3.46. The van der Waals surface area contributed by atoms with Crippen molar-refractivity contribution in [2.24, 2.45) is 0 Å². The van der Waals surface area contributed by atoms with Gasteiger partial charge in [0.1, 0.15) is 6.10 Å². The number of aliphatic hydroxyl groups excluding tert-OH is 2. The molecule has 0 saturated heterocycles. The van der Waals surface area contributed by atoms with Crippen LogP contribution in [-0.2, 0) is 0 Å². The Hall–Kier alpha value is -0.860. The SMILES string of the molecule is CC(C)c1ccc(C(O)CO)cc1. The minimum Gasteiger partial charge on any atom is -0.393 e. The Bertz CT molecular complexity index is 251. The molecule has 13 heavy (non-hydrogen) atoms. The van der Waals surface area contributed by atoms with Gasteiger partial charge in [0.15, 0.2) is 0 Å². The van der Waals surface area contributed by atoms with Crippen molar-refractivity contribution in [1.29, 1.82) is 0 Å². The fourth-order valence-corrected chi connectivity index (χ4v) is 1.21. The number of hydrogen-bond donors (Lipinski definition) is 2. The van der Waals surface area contributed by atoms with E-state index in [2.05, 4.69) is 13.8 Å². The van der Waals surface area contributed by atoms with Crippen LogP contribution in [0.5, 0.6) is 0 Å². The van der Waals surface area contributed by atoms with E-state index >= 15 is 0 Å². The monoisotopic (exact) mass is 180 g/mol. The van der Waals surface area contributed by atoms with E-state index in [4.69, 9.17) is 5.11 Å². The lowest BCUT2D eigenvalue weighted by Gasteiger charge is -2.09. The predicted octanol–water partition coefficient (Wildman–Crippen LogP) is 1.84. The zero-order chi connectivity index (χ0) is 9.84. The van der Waals surface area contributed by atoms with E-state index in [1.165, 1.54) is 5.56 Å². The van der Waals surface area contributed by atoms with E-state index in [-0.39, 0.29) is 6.61 Å². The second-order valence-corrected chi connectivity index (χ2v) is 3.52. The lowest BCUT2D eigenvalue weighted by Crippen LogP contribution is -2.02. The summed E-state index contributed by atoms with van der Waals surface area (Å²) in [6, 6.07) is 7.68. The van der Waals surface area contributed by atoms with Gasteiger partial charge in [-0.15, -0.1) is 0 Å². The molecule has 0 aromatic heterocycles. The fraction of sp³-hybridized carbons (Fsp3) is 0.455. The van der Waals surface area contributed by atoms with Gasteiger partial charge >= 0.3 is 0 Å². The van der Waals surface area contributed by atoms with E-state index < -0.39 is 6.10 Å². The summed E-state index contributed by atoms with van der Waals surface area (Å²) in [6.07, 6.45) is -0.749. The molecule has 1 aromatic carbocycles. The summed E-state index contributed by atoms with van der Waals surface area (Å²) in [7, 11) is 0. The van der Waals surface area contributed by atoms with Crippen molar-refractivity contribution in [3.8, 4) is 0 Å². The van der Waals surface area contributed by atoms with Crippen LogP contribution in [-0.4, -0.2) is 16.8 Å². The van der Waals surface area contributed by atoms with E-state index in [1.54, 1.807) is 0 Å². The van der Waals surface area contributed by atoms with Crippen molar-refractivity contribution in [3.63, 3.8) is 0 Å². The molecule has 0 fully saturated rings. The molecule has 0 radical (unpaired) electrons. The third kappa shape index (κ3) is 2.54. The largest absolute Gasteiger partial charge is 0.393 e. The minimum atomic E-state index is -0.749. The zero-order valence-corrected chi connectivity index (χ0v) is 8.07. The summed E-state index contributed by atoms with van der Waals surface area (Å²) in [5.74, 6) is 0.500. The van der Waals surface area contributed by atoms with Gasteiger partial charge in [0, 0.05) is 0 Å². The van der Waals surface area contributed by atoms with Gasteiger partial charge in [0.25, 0.3) is 0 Å². The lowest BCUT2D eigenvalue weighted by atomic mass is 10.0. The summed E-state index contributed by atoms with van der Waals surface area (Å²) in [4.78, 5) is 0. The Morgan fingerprint density at radius 3 is 1.92 bits per heavy atom. The van der Waals surface area contributed by atoms with Crippen LogP contribution in [0.15, 0.2) is 24.3 Å². The Balaban J connectivity index is 2.81. The van der Waals surface area contributed by atoms with Gasteiger partial charge in [-0.1, -0.05) is 38.1 Å². The average molecular weight is 180 g/mol. The number of benzene rings is 1. The van der Waals surface area contributed by atoms with Crippen LogP contribution >= 0.6 is 0 Å². The molecular formula is C11H16O2. The summed E-state index contributed by atoms with van der Waals surface area (Å²) in [6.45, 7) is 4.02. The van der Waals surface area contributed by atoms with Crippen molar-refractivity contribution in [2.45, 2.75) is 25.9 Å². The first-order chi connectivity index (χ1) is 6.15. The highest BCUT2D eigenvalue weighted by Crippen LogP contribution is 2.18. The van der Waals surface area contributed by atoms with Gasteiger partial charge in [-0.3, -0.25) is 0 Å². The average Bonchev–Trinajstić information content (AvgIpc) is 2.17. The number of aliphatic hydroxyl groups is 2. The van der Waals surface area contributed by atoms with Crippen LogP contribution < -0.4 is 0 Å². The maximum atomic E-state index is 9.31. The molecule has 1 rings (SSSR count). The van der Waals surface area contributed by atoms with Crippen LogP contribution in [0.25, 0.3) is 0 Å². The van der Waals surface area contributed by atoms with Gasteiger partial charge in [-0.05, 0) is 17.0 Å². The number of rotatable bonds is 3. The van der Waals surface area contributed by atoms with Crippen molar-refractivity contribution in [1.82, 2.24) is 0 Å². The van der Waals surface area contributed by atoms with Crippen molar-refractivity contribution in [3.05, 3.63) is 35.4 Å². The molecule has 2 N–H and O–H groups in total. The summed E-state index contributed by atoms with van der Waals surface area (Å²) in [5, 5.41) is 18.0. The topological polar surface area (TPSA) is 40.5 Å². The molecule has 0 heterocycles. The molecule has 0 aliphatic heterocycles. The first-order valence-corrected chi connectivity index (χ1v) is 4.54. The Morgan fingerprint density at radius 1 is 1.08 bits per heavy atom. The lowest BCUT2D eigenvalue weighted by molar-refractivity contribution is 0.0956. The molecule has 0 saturated carbocycles. The Labute approximate surface area is 78.8 Å². The van der Waals surface area contributed by atoms with Crippen LogP contribution in [0.1, 0.15) is 37.0 Å². The predicted molar refractivity (Wildman–Crippen MR) is 52.6 cm³/mol. The van der Waals surface area contributed by atoms with E-state index in [0.29, 0.717) is 5.92 Å². The van der Waals surface area contributed by atoms with Gasteiger partial charge in [0.05, 0.1) is 6.61 Å². The molecule has 72 valence electrons. The molecule has 0 bridgehead atoms. The fourth-order valence-electron chi connectivity index (χ4n) is 1.21. The first-order valence-electron chi connectivity index (χ1n) is 4.54. The van der Waals surface area contributed by atoms with Gasteiger partial charge < -0.3 is 10.2 Å². The molecule has 1 aromatic rings. The smallest absolute Gasteiger partial charge is 0.102 e. The van der Waals surface area contributed by atoms with E-state index in [9.17, 15) is 5.11 Å². The summed E-state index contributed by atoms with van der Waals surface area (Å²) >= 11 is 0. The molecule has 2 heteroatoms. The molecular weight excluding hydrogens is 164 g/mol. The standard InChI is InChI=1S/C11H16O2/c1-8(2)9-3-5-10(6-4-9)11(13)7-12/h3-6,8,11-13H,7H2,1-2H3. The van der Waals surface area contributed by atoms with Crippen LogP contribution in [0, 0.1) is 0 Å². The molecule has 0 aliphatic rings. The van der Waals surface area contributed by atoms with Crippen LogP contribution in [0.4, 0.5) is 0 Å². The second-order valence-electron chi connectivity index (χ2n) is 3.52. The molecule has 0 aliphatic carbocycles. The third-order valence-electron chi connectivity index (χ3n) is 2.16. The van der Waals surface area contributed by atoms with Gasteiger partial charge in [0.2, 0.25) is 0 Å². The summed E-state index contributed by atoms with van der Waals surface area (Å²) < 4.78 is 0. The molecule has 0 amide bonds. The third-order valence-corrected chi connectivity index (χ3v) is 2.16. The van der Waals surface area contributed by atoms with Gasteiger partial charge in [-0.2, -0.15) is 0 Å². The number of hydrogen-bond acceptors (Lipinski definition) is 2. The normalized spacial score (nSPS) is 13.3. The molecule has 0 spiro atoms. The zero-order valence-electron chi connectivity index (χ0n) is 8.07. The minimum absolute atomic E-state index is 0.221. The quantitative estimate of drug-likeness (QED) is 0.745. The van der Waals surface area contributed by atoms with Crippen molar-refractivity contribution < 1.29 is 10.2 Å². The van der Waals surface area contributed by atoms with E-state index in [0.717, 1.165) is 5.56 Å². The highest BCUT2D eigenvalue weighted by molar-refractivity contribution is 5.25. The van der Waals surface area contributed by atoms with Crippen molar-refractivity contribution in [2.75, 3.05) is 6.61 Å². The highest BCUT2D eigenvalue weighted by Gasteiger charge is 2.05. The second kappa shape index (κ2) is 4.40. The van der Waals surface area contributed by atoms with Crippen molar-refractivity contribution >= 4 is 0 Å². The summed E-state index contributed by atoms with van der Waals surface area (Å²) in [5.41, 5.74) is 2.01. The van der Waals surface area contributed by atoms with Gasteiger partial charge in [-0.25, -0.2) is 0 Å². The highest BCUT2D eigenvalue weighted by atomic mass is 16.3. The van der Waals surface area contributed by atoms with E-state index in [1.807, 2.05) is 24.3 Å².